The van der Waals surface area contributed by atoms with E-state index >= 15 is 0 Å². The molecule has 0 unspecified atom stereocenters. The second kappa shape index (κ2) is 4.71. The highest BCUT2D eigenvalue weighted by atomic mass is 35.5. The zero-order valence-corrected chi connectivity index (χ0v) is 11.5. The van der Waals surface area contributed by atoms with Crippen LogP contribution in [-0.2, 0) is 12.4 Å². The molecule has 3 aromatic heterocycles. The maximum atomic E-state index is 5.98. The minimum absolute atomic E-state index is 0.404. The zero-order chi connectivity index (χ0) is 12.5. The van der Waals surface area contributed by atoms with Crippen LogP contribution in [0.5, 0.6) is 0 Å². The minimum Gasteiger partial charge on any atom is -0.306 e. The predicted molar refractivity (Wildman–Crippen MR) is 75.2 cm³/mol. The second-order valence-electron chi connectivity index (χ2n) is 4.12. The van der Waals surface area contributed by atoms with E-state index in [0.717, 1.165) is 23.5 Å². The molecule has 0 aliphatic carbocycles. The van der Waals surface area contributed by atoms with E-state index in [1.165, 1.54) is 10.4 Å². The summed E-state index contributed by atoms with van der Waals surface area (Å²) < 4.78 is 2.10. The van der Waals surface area contributed by atoms with Crippen LogP contribution in [0.3, 0.4) is 0 Å². The highest BCUT2D eigenvalue weighted by Gasteiger charge is 2.12. The van der Waals surface area contributed by atoms with Crippen molar-refractivity contribution in [2.45, 2.75) is 19.3 Å². The quantitative estimate of drug-likeness (QED) is 0.685. The summed E-state index contributed by atoms with van der Waals surface area (Å²) in [6.45, 7) is 2.91. The summed E-state index contributed by atoms with van der Waals surface area (Å²) in [6, 6.07) is 6.00. The van der Waals surface area contributed by atoms with Gasteiger partial charge in [0.2, 0.25) is 0 Å². The number of aryl methyl sites for hydroxylation is 1. The highest BCUT2D eigenvalue weighted by molar-refractivity contribution is 7.10. The van der Waals surface area contributed by atoms with Crippen LogP contribution in [0.25, 0.3) is 11.2 Å². The van der Waals surface area contributed by atoms with Crippen molar-refractivity contribution >= 4 is 34.1 Å². The lowest BCUT2D eigenvalue weighted by atomic mass is 10.3. The number of aromatic nitrogens is 3. The van der Waals surface area contributed by atoms with E-state index in [1.54, 1.807) is 17.5 Å². The van der Waals surface area contributed by atoms with Gasteiger partial charge in [0, 0.05) is 11.1 Å². The van der Waals surface area contributed by atoms with E-state index in [1.807, 2.05) is 12.1 Å². The van der Waals surface area contributed by atoms with Gasteiger partial charge in [0.25, 0.3) is 0 Å². The summed E-state index contributed by atoms with van der Waals surface area (Å²) in [5.41, 5.74) is 3.11. The molecule has 0 aliphatic rings. The Bertz CT molecular complexity index is 686. The summed E-state index contributed by atoms with van der Waals surface area (Å²) in [5.74, 6) is 1.28. The number of nitrogens with zero attached hydrogens (tertiary/aromatic N) is 3. The maximum Gasteiger partial charge on any atom is 0.160 e. The summed E-state index contributed by atoms with van der Waals surface area (Å²) in [7, 11) is 0. The molecule has 0 amide bonds. The zero-order valence-electron chi connectivity index (χ0n) is 9.93. The van der Waals surface area contributed by atoms with E-state index in [-0.39, 0.29) is 0 Å². The number of fused-ring (bicyclic) bond motifs is 1. The van der Waals surface area contributed by atoms with Gasteiger partial charge in [-0.1, -0.05) is 0 Å². The Kier molecular flexibility index (Phi) is 3.06. The van der Waals surface area contributed by atoms with Gasteiger partial charge in [0.1, 0.15) is 11.3 Å². The van der Waals surface area contributed by atoms with Crippen LogP contribution in [0, 0.1) is 6.92 Å². The number of pyridine rings is 1. The van der Waals surface area contributed by atoms with Gasteiger partial charge in [-0.25, -0.2) is 9.97 Å². The van der Waals surface area contributed by atoms with E-state index in [2.05, 4.69) is 32.9 Å². The molecule has 0 aromatic carbocycles. The molecule has 3 heterocycles. The van der Waals surface area contributed by atoms with E-state index in [0.29, 0.717) is 5.88 Å². The van der Waals surface area contributed by atoms with Crippen LogP contribution in [0.2, 0.25) is 0 Å². The molecule has 0 aliphatic heterocycles. The molecule has 0 atom stereocenters. The first-order valence-electron chi connectivity index (χ1n) is 5.68. The smallest absolute Gasteiger partial charge is 0.160 e. The largest absolute Gasteiger partial charge is 0.306 e. The molecular weight excluding hydrogens is 266 g/mol. The third kappa shape index (κ3) is 1.91. The Labute approximate surface area is 114 Å². The molecule has 0 fully saturated rings. The molecule has 3 aromatic rings. The molecule has 0 saturated carbocycles. The first-order valence-corrected chi connectivity index (χ1v) is 7.10. The number of halogens is 1. The number of thiophene rings is 1. The van der Waals surface area contributed by atoms with Crippen molar-refractivity contribution in [1.29, 1.82) is 0 Å². The van der Waals surface area contributed by atoms with Gasteiger partial charge < -0.3 is 4.57 Å². The van der Waals surface area contributed by atoms with Gasteiger partial charge in [-0.2, -0.15) is 0 Å². The standard InChI is InChI=1S/C13H12ClN3S/c1-9-4-6-18-11(9)8-17-12(7-14)16-10-3-2-5-15-13(10)17/h2-6H,7-8H2,1H3. The summed E-state index contributed by atoms with van der Waals surface area (Å²) in [4.78, 5) is 10.2. The van der Waals surface area contributed by atoms with Crippen LogP contribution in [0.1, 0.15) is 16.3 Å². The summed E-state index contributed by atoms with van der Waals surface area (Å²) in [6.07, 6.45) is 1.79. The van der Waals surface area contributed by atoms with E-state index < -0.39 is 0 Å². The number of rotatable bonds is 3. The molecule has 0 bridgehead atoms. The monoisotopic (exact) mass is 277 g/mol. The lowest BCUT2D eigenvalue weighted by Gasteiger charge is -2.06. The first kappa shape index (κ1) is 11.7. The van der Waals surface area contributed by atoms with Crippen LogP contribution < -0.4 is 0 Å². The fraction of sp³-hybridized carbons (Fsp3) is 0.231. The fourth-order valence-corrected chi connectivity index (χ4v) is 3.08. The highest BCUT2D eigenvalue weighted by Crippen LogP contribution is 2.21. The number of hydrogen-bond acceptors (Lipinski definition) is 3. The summed E-state index contributed by atoms with van der Waals surface area (Å²) >= 11 is 7.73. The molecule has 0 spiro atoms. The van der Waals surface area contributed by atoms with Crippen molar-refractivity contribution in [3.8, 4) is 0 Å². The number of alkyl halides is 1. The predicted octanol–water partition coefficient (Wildman–Crippen LogP) is 3.59. The lowest BCUT2D eigenvalue weighted by Crippen LogP contribution is -2.04. The van der Waals surface area contributed by atoms with E-state index in [4.69, 9.17) is 11.6 Å². The Hall–Kier alpha value is -1.39. The molecular formula is C13H12ClN3S. The average Bonchev–Trinajstić information content (AvgIpc) is 2.95. The molecule has 0 radical (unpaired) electrons. The van der Waals surface area contributed by atoms with Crippen LogP contribution >= 0.6 is 22.9 Å². The molecule has 3 nitrogen and oxygen atoms in total. The number of imidazole rings is 1. The average molecular weight is 278 g/mol. The van der Waals surface area contributed by atoms with Crippen LogP contribution in [0.4, 0.5) is 0 Å². The molecule has 0 saturated heterocycles. The Morgan fingerprint density at radius 2 is 2.28 bits per heavy atom. The van der Waals surface area contributed by atoms with Gasteiger partial charge in [-0.15, -0.1) is 22.9 Å². The van der Waals surface area contributed by atoms with Crippen LogP contribution in [0.15, 0.2) is 29.8 Å². The van der Waals surface area contributed by atoms with Crippen molar-refractivity contribution in [3.05, 3.63) is 46.0 Å². The van der Waals surface area contributed by atoms with Crippen LogP contribution in [-0.4, -0.2) is 14.5 Å². The molecule has 18 heavy (non-hydrogen) atoms. The molecule has 3 rings (SSSR count). The van der Waals surface area contributed by atoms with Gasteiger partial charge in [0.15, 0.2) is 5.65 Å². The number of hydrogen-bond donors (Lipinski definition) is 0. The van der Waals surface area contributed by atoms with Crippen molar-refractivity contribution in [1.82, 2.24) is 14.5 Å². The topological polar surface area (TPSA) is 30.7 Å². The Morgan fingerprint density at radius 1 is 1.39 bits per heavy atom. The normalized spacial score (nSPS) is 11.2. The molecule has 5 heteroatoms. The third-order valence-electron chi connectivity index (χ3n) is 2.97. The maximum absolute atomic E-state index is 5.98. The van der Waals surface area contributed by atoms with Crippen molar-refractivity contribution in [2.75, 3.05) is 0 Å². The van der Waals surface area contributed by atoms with Crippen molar-refractivity contribution in [2.24, 2.45) is 0 Å². The fourth-order valence-electron chi connectivity index (χ4n) is 1.98. The van der Waals surface area contributed by atoms with Gasteiger partial charge in [0.05, 0.1) is 12.4 Å². The SMILES string of the molecule is Cc1ccsc1Cn1c(CCl)nc2cccnc21. The molecule has 92 valence electrons. The second-order valence-corrected chi connectivity index (χ2v) is 5.39. The van der Waals surface area contributed by atoms with E-state index in [9.17, 15) is 0 Å². The van der Waals surface area contributed by atoms with Gasteiger partial charge in [-0.3, -0.25) is 0 Å². The Balaban J connectivity index is 2.12. The van der Waals surface area contributed by atoms with Gasteiger partial charge >= 0.3 is 0 Å². The first-order chi connectivity index (χ1) is 8.79. The third-order valence-corrected chi connectivity index (χ3v) is 4.22. The lowest BCUT2D eigenvalue weighted by molar-refractivity contribution is 0.777. The van der Waals surface area contributed by atoms with Crippen molar-refractivity contribution < 1.29 is 0 Å². The van der Waals surface area contributed by atoms with Crippen molar-refractivity contribution in [3.63, 3.8) is 0 Å². The molecule has 0 N–H and O–H groups in total. The van der Waals surface area contributed by atoms with Gasteiger partial charge in [-0.05, 0) is 36.1 Å². The summed E-state index contributed by atoms with van der Waals surface area (Å²) in [5, 5.41) is 2.11. The Morgan fingerprint density at radius 3 is 3.00 bits per heavy atom. The minimum atomic E-state index is 0.404.